The van der Waals surface area contributed by atoms with Gasteiger partial charge in [0, 0.05) is 48.9 Å². The summed E-state index contributed by atoms with van der Waals surface area (Å²) in [5.74, 6) is 0.873. The van der Waals surface area contributed by atoms with E-state index >= 15 is 0 Å². The molecule has 46 heavy (non-hydrogen) atoms. The number of rotatable bonds is 9. The van der Waals surface area contributed by atoms with Gasteiger partial charge in [-0.1, -0.05) is 0 Å². The first-order valence-electron chi connectivity index (χ1n) is 15.6. The predicted molar refractivity (Wildman–Crippen MR) is 170 cm³/mol. The van der Waals surface area contributed by atoms with Crippen molar-refractivity contribution in [2.75, 3.05) is 55.7 Å². The number of ether oxygens (including phenoxy) is 7. The summed E-state index contributed by atoms with van der Waals surface area (Å²) < 4.78 is 39.0. The molecule has 0 radical (unpaired) electrons. The number of nitrogens with zero attached hydrogens (tertiary/aromatic N) is 1. The van der Waals surface area contributed by atoms with Gasteiger partial charge in [-0.3, -0.25) is 9.69 Å². The van der Waals surface area contributed by atoms with Crippen molar-refractivity contribution >= 4 is 28.9 Å². The number of esters is 2. The van der Waals surface area contributed by atoms with Crippen LogP contribution in [0.3, 0.4) is 0 Å². The molecule has 1 saturated heterocycles. The number of aromatic nitrogens is 1. The SMILES string of the molecule is COC(=O)[C@H]1[C@H]2C[C@@H]3c4[nH]c5cc(OC)ccc5c4CCN3C[C@H]2C[C@@H](OC(=O)/C=C/c2cc(OC)c(OC)c(OC)c2)[C@H]1OC. The van der Waals surface area contributed by atoms with Gasteiger partial charge in [0.25, 0.3) is 0 Å². The van der Waals surface area contributed by atoms with Gasteiger partial charge in [-0.2, -0.15) is 0 Å². The summed E-state index contributed by atoms with van der Waals surface area (Å²) in [5, 5.41) is 1.21. The summed E-state index contributed by atoms with van der Waals surface area (Å²) in [6.45, 7) is 1.70. The number of fused-ring (bicyclic) bond motifs is 6. The van der Waals surface area contributed by atoms with Gasteiger partial charge in [0.05, 0.1) is 47.5 Å². The fraction of sp³-hybridized carbons (Fsp3) is 0.486. The molecule has 1 saturated carbocycles. The van der Waals surface area contributed by atoms with Gasteiger partial charge < -0.3 is 38.1 Å². The molecule has 6 rings (SSSR count). The lowest BCUT2D eigenvalue weighted by atomic mass is 9.63. The number of piperidine rings is 1. The molecule has 11 heteroatoms. The van der Waals surface area contributed by atoms with Gasteiger partial charge in [-0.05, 0) is 72.6 Å². The van der Waals surface area contributed by atoms with E-state index in [2.05, 4.69) is 16.0 Å². The van der Waals surface area contributed by atoms with Gasteiger partial charge in [0.15, 0.2) is 11.5 Å². The smallest absolute Gasteiger partial charge is 0.331 e. The standard InChI is InChI=1S/C35H42N2O9/c1-40-21-8-9-22-23-11-12-37-18-20-15-29(46-30(38)10-7-19-13-27(41-2)33(43-4)28(14-19)42-3)34(44-5)31(35(39)45-6)24(20)17-26(37)32(23)36-25(22)16-21/h7-10,13-14,16,20,24,26,29,31,34,36H,11-12,15,17-18H2,1-6H3/b10-7+/t20-,24+,26-,29-,31+,34-/m1/s1. The number of benzene rings is 2. The van der Waals surface area contributed by atoms with E-state index in [1.54, 1.807) is 32.4 Å². The fourth-order valence-electron chi connectivity index (χ4n) is 7.91. The third-order valence-corrected chi connectivity index (χ3v) is 9.97. The van der Waals surface area contributed by atoms with Crippen LogP contribution in [0, 0.1) is 17.8 Å². The zero-order valence-electron chi connectivity index (χ0n) is 27.2. The molecular formula is C35H42N2O9. The molecule has 3 aliphatic rings. The molecule has 6 atom stereocenters. The maximum Gasteiger partial charge on any atom is 0.331 e. The van der Waals surface area contributed by atoms with Crippen molar-refractivity contribution in [2.24, 2.45) is 17.8 Å². The highest BCUT2D eigenvalue weighted by molar-refractivity contribution is 5.88. The molecule has 246 valence electrons. The van der Waals surface area contributed by atoms with Gasteiger partial charge >= 0.3 is 11.9 Å². The molecule has 11 nitrogen and oxygen atoms in total. The van der Waals surface area contributed by atoms with Gasteiger partial charge in [-0.25, -0.2) is 4.79 Å². The zero-order chi connectivity index (χ0) is 32.5. The summed E-state index contributed by atoms with van der Waals surface area (Å²) in [4.78, 5) is 32.8. The number of methoxy groups -OCH3 is 6. The van der Waals surface area contributed by atoms with E-state index in [1.807, 2.05) is 12.1 Å². The highest BCUT2D eigenvalue weighted by Crippen LogP contribution is 2.50. The molecule has 0 unspecified atom stereocenters. The van der Waals surface area contributed by atoms with Crippen molar-refractivity contribution in [1.29, 1.82) is 0 Å². The topological polar surface area (TPSA) is 118 Å². The summed E-state index contributed by atoms with van der Waals surface area (Å²) in [6.07, 6.45) is 4.01. The minimum Gasteiger partial charge on any atom is -0.497 e. The Balaban J connectivity index is 1.23. The Hall–Kier alpha value is -4.22. The third-order valence-electron chi connectivity index (χ3n) is 9.97. The van der Waals surface area contributed by atoms with Crippen LogP contribution in [0.2, 0.25) is 0 Å². The minimum absolute atomic E-state index is 0.00438. The average Bonchev–Trinajstić information content (AvgIpc) is 3.46. The van der Waals surface area contributed by atoms with Crippen molar-refractivity contribution in [3.63, 3.8) is 0 Å². The Morgan fingerprint density at radius 1 is 0.935 bits per heavy atom. The van der Waals surface area contributed by atoms with Crippen molar-refractivity contribution in [2.45, 2.75) is 37.5 Å². The zero-order valence-corrected chi connectivity index (χ0v) is 27.2. The Kier molecular flexibility index (Phi) is 9.15. The highest BCUT2D eigenvalue weighted by Gasteiger charge is 2.54. The largest absolute Gasteiger partial charge is 0.497 e. The number of aromatic amines is 1. The number of H-pyrrole nitrogens is 1. The molecule has 2 aliphatic heterocycles. The fourth-order valence-corrected chi connectivity index (χ4v) is 7.91. The molecule has 3 aromatic rings. The number of hydrogen-bond donors (Lipinski definition) is 1. The monoisotopic (exact) mass is 634 g/mol. The molecule has 1 aromatic heterocycles. The van der Waals surface area contributed by atoms with E-state index in [0.29, 0.717) is 29.2 Å². The number of nitrogens with one attached hydrogen (secondary N) is 1. The molecule has 3 heterocycles. The highest BCUT2D eigenvalue weighted by atomic mass is 16.6. The second-order valence-corrected chi connectivity index (χ2v) is 12.1. The van der Waals surface area contributed by atoms with E-state index in [0.717, 1.165) is 37.2 Å². The summed E-state index contributed by atoms with van der Waals surface area (Å²) in [6, 6.07) is 9.78. The van der Waals surface area contributed by atoms with Crippen molar-refractivity contribution in [3.8, 4) is 23.0 Å². The van der Waals surface area contributed by atoms with Crippen LogP contribution in [0.4, 0.5) is 0 Å². The summed E-state index contributed by atoms with van der Waals surface area (Å²) in [5.41, 5.74) is 4.26. The van der Waals surface area contributed by atoms with E-state index in [-0.39, 0.29) is 23.8 Å². The lowest BCUT2D eigenvalue weighted by Gasteiger charge is -2.52. The third kappa shape index (κ3) is 5.66. The van der Waals surface area contributed by atoms with Crippen LogP contribution in [0.25, 0.3) is 17.0 Å². The van der Waals surface area contributed by atoms with Gasteiger partial charge in [0.1, 0.15) is 18.0 Å². The van der Waals surface area contributed by atoms with Crippen LogP contribution in [0.1, 0.15) is 35.7 Å². The van der Waals surface area contributed by atoms with Crippen LogP contribution in [0.15, 0.2) is 36.4 Å². The lowest BCUT2D eigenvalue weighted by molar-refractivity contribution is -0.187. The Morgan fingerprint density at radius 3 is 2.35 bits per heavy atom. The van der Waals surface area contributed by atoms with Crippen LogP contribution in [-0.2, 0) is 30.2 Å². The number of carbonyl (C=O) groups is 2. The maximum absolute atomic E-state index is 13.4. The van der Waals surface area contributed by atoms with E-state index < -0.39 is 24.1 Å². The number of carbonyl (C=O) groups excluding carboxylic acids is 2. The van der Waals surface area contributed by atoms with Crippen LogP contribution in [-0.4, -0.2) is 89.8 Å². The quantitative estimate of drug-likeness (QED) is 0.265. The summed E-state index contributed by atoms with van der Waals surface area (Å²) >= 11 is 0. The van der Waals surface area contributed by atoms with Gasteiger partial charge in [0.2, 0.25) is 5.75 Å². The molecular weight excluding hydrogens is 592 g/mol. The first kappa shape index (κ1) is 31.7. The number of hydrogen-bond acceptors (Lipinski definition) is 10. The lowest BCUT2D eigenvalue weighted by Crippen LogP contribution is -2.58. The second kappa shape index (κ2) is 13.3. The molecule has 1 N–H and O–H groups in total. The molecule has 0 spiro atoms. The Labute approximate surface area is 268 Å². The van der Waals surface area contributed by atoms with Crippen LogP contribution < -0.4 is 18.9 Å². The van der Waals surface area contributed by atoms with E-state index in [9.17, 15) is 9.59 Å². The molecule has 1 aliphatic carbocycles. The maximum atomic E-state index is 13.4. The molecule has 0 amide bonds. The Bertz CT molecular complexity index is 1610. The van der Waals surface area contributed by atoms with Crippen molar-refractivity contribution < 1.29 is 42.7 Å². The van der Waals surface area contributed by atoms with Crippen LogP contribution >= 0.6 is 0 Å². The van der Waals surface area contributed by atoms with Crippen LogP contribution in [0.5, 0.6) is 23.0 Å². The second-order valence-electron chi connectivity index (χ2n) is 12.1. The Morgan fingerprint density at radius 2 is 1.70 bits per heavy atom. The van der Waals surface area contributed by atoms with Crippen molar-refractivity contribution in [3.05, 3.63) is 53.2 Å². The van der Waals surface area contributed by atoms with E-state index in [1.165, 1.54) is 51.2 Å². The average molecular weight is 635 g/mol. The minimum atomic E-state index is -0.645. The normalized spacial score (nSPS) is 25.7. The van der Waals surface area contributed by atoms with E-state index in [4.69, 9.17) is 33.2 Å². The van der Waals surface area contributed by atoms with Gasteiger partial charge in [-0.15, -0.1) is 0 Å². The van der Waals surface area contributed by atoms with Crippen molar-refractivity contribution in [1.82, 2.24) is 9.88 Å². The molecule has 2 fully saturated rings. The summed E-state index contributed by atoms with van der Waals surface area (Å²) in [7, 11) is 9.24. The first-order chi connectivity index (χ1) is 22.3. The molecule has 2 aromatic carbocycles. The first-order valence-corrected chi connectivity index (χ1v) is 15.6. The predicted octanol–water partition coefficient (Wildman–Crippen LogP) is 4.57. The molecule has 0 bridgehead atoms.